The molecule has 0 saturated heterocycles. The Morgan fingerprint density at radius 1 is 1.23 bits per heavy atom. The minimum absolute atomic E-state index is 0.119. The molecule has 2 atom stereocenters. The zero-order valence-corrected chi connectivity index (χ0v) is 17.3. The number of alkyl halides is 3. The fourth-order valence-corrected chi connectivity index (χ4v) is 4.62. The summed E-state index contributed by atoms with van der Waals surface area (Å²) in [6.45, 7) is 0. The number of carboxylic acid groups (broad SMARTS) is 1. The first-order chi connectivity index (χ1) is 14.1. The zero-order chi connectivity index (χ0) is 22.2. The molecule has 1 aliphatic carbocycles. The predicted molar refractivity (Wildman–Crippen MR) is 109 cm³/mol. The lowest BCUT2D eigenvalue weighted by atomic mass is 10.00. The van der Waals surface area contributed by atoms with Gasteiger partial charge in [-0.15, -0.1) is 0 Å². The van der Waals surface area contributed by atoms with Crippen LogP contribution in [0, 0.1) is 5.92 Å². The fourth-order valence-electron chi connectivity index (χ4n) is 3.47. The minimum atomic E-state index is -4.49. The van der Waals surface area contributed by atoms with E-state index in [1.165, 1.54) is 12.1 Å². The topological polar surface area (TPSA) is 83.5 Å². The average molecular weight is 446 g/mol. The van der Waals surface area contributed by atoms with Crippen LogP contribution in [0.15, 0.2) is 41.8 Å². The molecule has 30 heavy (non-hydrogen) atoms. The van der Waals surface area contributed by atoms with E-state index in [4.69, 9.17) is 5.11 Å². The number of carbonyl (C=O) groups is 1. The van der Waals surface area contributed by atoms with Crippen molar-refractivity contribution in [2.24, 2.45) is 5.92 Å². The van der Waals surface area contributed by atoms with Gasteiger partial charge in [0.2, 0.25) is 10.0 Å². The molecule has 1 aromatic carbocycles. The van der Waals surface area contributed by atoms with Crippen LogP contribution in [0.3, 0.4) is 0 Å². The molecule has 2 rings (SSSR count). The maximum atomic E-state index is 12.8. The van der Waals surface area contributed by atoms with E-state index >= 15 is 0 Å². The van der Waals surface area contributed by atoms with Gasteiger partial charge in [0.1, 0.15) is 0 Å². The Kier molecular flexibility index (Phi) is 8.66. The molecule has 2 N–H and O–H groups in total. The van der Waals surface area contributed by atoms with Gasteiger partial charge in [0, 0.05) is 17.9 Å². The molecule has 1 saturated carbocycles. The van der Waals surface area contributed by atoms with E-state index in [2.05, 4.69) is 4.72 Å². The standard InChI is InChI=1S/C21H26F3NO4S/c22-21(23,24)18-10-5-7-16(15-18)13-14-30(28,29)25-19-11-6-9-17(19)8-3-1-2-4-12-20(26)27/h1,3,5,7,10,13-15,17,19,25H,2,4,6,8-9,11-12H2,(H,26,27). The summed E-state index contributed by atoms with van der Waals surface area (Å²) >= 11 is 0. The summed E-state index contributed by atoms with van der Waals surface area (Å²) in [6, 6.07) is 4.25. The summed E-state index contributed by atoms with van der Waals surface area (Å²) in [5.41, 5.74) is -0.677. The fraction of sp³-hybridized carbons (Fsp3) is 0.476. The van der Waals surface area contributed by atoms with Gasteiger partial charge in [-0.3, -0.25) is 4.79 Å². The van der Waals surface area contributed by atoms with E-state index in [0.29, 0.717) is 25.7 Å². The van der Waals surface area contributed by atoms with E-state index in [9.17, 15) is 26.4 Å². The summed E-state index contributed by atoms with van der Waals surface area (Å²) in [4.78, 5) is 10.5. The molecule has 0 radical (unpaired) electrons. The second-order valence-electron chi connectivity index (χ2n) is 7.38. The molecule has 0 bridgehead atoms. The van der Waals surface area contributed by atoms with Gasteiger partial charge < -0.3 is 5.11 Å². The van der Waals surface area contributed by atoms with E-state index in [1.54, 1.807) is 0 Å². The van der Waals surface area contributed by atoms with Crippen LogP contribution in [-0.2, 0) is 21.0 Å². The van der Waals surface area contributed by atoms with Crippen molar-refractivity contribution in [3.63, 3.8) is 0 Å². The van der Waals surface area contributed by atoms with Crippen LogP contribution in [0.5, 0.6) is 0 Å². The lowest BCUT2D eigenvalue weighted by Gasteiger charge is -2.18. The van der Waals surface area contributed by atoms with Crippen LogP contribution < -0.4 is 4.72 Å². The quantitative estimate of drug-likeness (QED) is 0.394. The van der Waals surface area contributed by atoms with Crippen LogP contribution in [0.25, 0.3) is 6.08 Å². The number of halogens is 3. The molecule has 1 aliphatic rings. The molecule has 0 aromatic heterocycles. The van der Waals surface area contributed by atoms with Crippen molar-refractivity contribution in [2.75, 3.05) is 0 Å². The Hall–Kier alpha value is -2.13. The van der Waals surface area contributed by atoms with Gasteiger partial charge in [-0.2, -0.15) is 13.2 Å². The molecule has 5 nitrogen and oxygen atoms in total. The normalized spacial score (nSPS) is 20.4. The Balaban J connectivity index is 1.91. The first kappa shape index (κ1) is 24.1. The van der Waals surface area contributed by atoms with Crippen LogP contribution in [0.1, 0.15) is 56.1 Å². The highest BCUT2D eigenvalue weighted by Gasteiger charge is 2.30. The zero-order valence-electron chi connectivity index (χ0n) is 16.4. The lowest BCUT2D eigenvalue weighted by molar-refractivity contribution is -0.138. The number of hydrogen-bond donors (Lipinski definition) is 2. The highest BCUT2D eigenvalue weighted by molar-refractivity contribution is 7.92. The third-order valence-electron chi connectivity index (χ3n) is 5.00. The minimum Gasteiger partial charge on any atom is -0.481 e. The molecule has 0 amide bonds. The Morgan fingerprint density at radius 3 is 2.70 bits per heavy atom. The van der Waals surface area contributed by atoms with Crippen molar-refractivity contribution in [1.29, 1.82) is 0 Å². The van der Waals surface area contributed by atoms with Gasteiger partial charge in [-0.25, -0.2) is 13.1 Å². The van der Waals surface area contributed by atoms with Crippen LogP contribution in [-0.4, -0.2) is 25.5 Å². The first-order valence-electron chi connectivity index (χ1n) is 9.81. The van der Waals surface area contributed by atoms with Crippen molar-refractivity contribution in [2.45, 2.75) is 57.2 Å². The Labute approximate surface area is 174 Å². The number of allylic oxidation sites excluding steroid dienone is 2. The van der Waals surface area contributed by atoms with Crippen molar-refractivity contribution in [3.05, 3.63) is 53.0 Å². The molecular formula is C21H26F3NO4S. The number of benzene rings is 1. The van der Waals surface area contributed by atoms with Crippen molar-refractivity contribution < 1.29 is 31.5 Å². The van der Waals surface area contributed by atoms with E-state index in [1.807, 2.05) is 12.2 Å². The van der Waals surface area contributed by atoms with Gasteiger partial charge in [-0.05, 0) is 61.8 Å². The maximum absolute atomic E-state index is 12.8. The molecular weight excluding hydrogens is 419 g/mol. The maximum Gasteiger partial charge on any atom is 0.416 e. The second kappa shape index (κ2) is 10.8. The monoisotopic (exact) mass is 445 g/mol. The third kappa shape index (κ3) is 8.31. The number of carboxylic acids is 1. The first-order valence-corrected chi connectivity index (χ1v) is 11.4. The largest absolute Gasteiger partial charge is 0.481 e. The number of unbranched alkanes of at least 4 members (excludes halogenated alkanes) is 1. The van der Waals surface area contributed by atoms with Gasteiger partial charge in [0.25, 0.3) is 0 Å². The molecule has 0 aliphatic heterocycles. The summed E-state index contributed by atoms with van der Waals surface area (Å²) in [5.74, 6) is -0.690. The average Bonchev–Trinajstić information content (AvgIpc) is 3.08. The van der Waals surface area contributed by atoms with Crippen LogP contribution in [0.2, 0.25) is 0 Å². The molecule has 166 valence electrons. The highest BCUT2D eigenvalue weighted by atomic mass is 32.2. The van der Waals surface area contributed by atoms with Crippen LogP contribution in [0.4, 0.5) is 13.2 Å². The van der Waals surface area contributed by atoms with Crippen molar-refractivity contribution >= 4 is 22.1 Å². The molecule has 0 heterocycles. The number of hydrogen-bond acceptors (Lipinski definition) is 3. The Morgan fingerprint density at radius 2 is 2.00 bits per heavy atom. The van der Waals surface area contributed by atoms with Gasteiger partial charge in [-0.1, -0.05) is 30.7 Å². The summed E-state index contributed by atoms with van der Waals surface area (Å²) in [7, 11) is -3.79. The van der Waals surface area contributed by atoms with Crippen molar-refractivity contribution in [3.8, 4) is 0 Å². The van der Waals surface area contributed by atoms with E-state index < -0.39 is 27.7 Å². The summed E-state index contributed by atoms with van der Waals surface area (Å²) in [5, 5.41) is 9.51. The molecule has 0 spiro atoms. The number of sulfonamides is 1. The van der Waals surface area contributed by atoms with E-state index in [0.717, 1.165) is 36.5 Å². The second-order valence-corrected chi connectivity index (χ2v) is 8.98. The SMILES string of the molecule is O=C(O)CCCC=CCC1CCCC1NS(=O)(=O)C=Cc1cccc(C(F)(F)F)c1. The molecule has 1 aromatic rings. The van der Waals surface area contributed by atoms with Gasteiger partial charge in [0.05, 0.1) is 5.56 Å². The van der Waals surface area contributed by atoms with Crippen molar-refractivity contribution in [1.82, 2.24) is 4.72 Å². The van der Waals surface area contributed by atoms with Gasteiger partial charge in [0.15, 0.2) is 0 Å². The number of aliphatic carboxylic acids is 1. The van der Waals surface area contributed by atoms with Gasteiger partial charge >= 0.3 is 12.1 Å². The predicted octanol–water partition coefficient (Wildman–Crippen LogP) is 4.97. The lowest BCUT2D eigenvalue weighted by Crippen LogP contribution is -2.36. The Bertz CT molecular complexity index is 878. The molecule has 9 heteroatoms. The van der Waals surface area contributed by atoms with E-state index in [-0.39, 0.29) is 23.9 Å². The summed E-state index contributed by atoms with van der Waals surface area (Å²) in [6.07, 6.45) is 5.05. The summed E-state index contributed by atoms with van der Waals surface area (Å²) < 4.78 is 65.7. The molecule has 1 fully saturated rings. The smallest absolute Gasteiger partial charge is 0.416 e. The number of rotatable bonds is 10. The number of nitrogens with one attached hydrogen (secondary N) is 1. The molecule has 2 unspecified atom stereocenters. The third-order valence-corrected chi connectivity index (χ3v) is 6.12. The highest BCUT2D eigenvalue weighted by Crippen LogP contribution is 2.31. The van der Waals surface area contributed by atoms with Crippen LogP contribution >= 0.6 is 0 Å².